The number of rotatable bonds is 8. The third-order valence-electron chi connectivity index (χ3n) is 8.34. The minimum absolute atomic E-state index is 0.118. The highest BCUT2D eigenvalue weighted by Crippen LogP contribution is 2.38. The van der Waals surface area contributed by atoms with Crippen LogP contribution in [0, 0.1) is 5.95 Å². The van der Waals surface area contributed by atoms with Gasteiger partial charge in [0, 0.05) is 69.4 Å². The molecule has 0 bridgehead atoms. The van der Waals surface area contributed by atoms with E-state index in [-0.39, 0.29) is 23.5 Å². The van der Waals surface area contributed by atoms with Gasteiger partial charge in [0.05, 0.1) is 11.7 Å². The maximum absolute atomic E-state index is 13.5. The van der Waals surface area contributed by atoms with Gasteiger partial charge < -0.3 is 19.1 Å². The molecule has 0 spiro atoms. The number of carbonyl (C=O) groups excluding carboxylic acids is 2. The molecule has 11 heteroatoms. The highest BCUT2D eigenvalue weighted by atomic mass is 32.1. The molecule has 9 nitrogen and oxygen atoms in total. The number of piperidine rings is 1. The van der Waals surface area contributed by atoms with E-state index in [1.165, 1.54) is 23.6 Å². The Morgan fingerprint density at radius 2 is 1.93 bits per heavy atom. The molecule has 224 valence electrons. The van der Waals surface area contributed by atoms with Gasteiger partial charge in [-0.3, -0.25) is 14.9 Å². The summed E-state index contributed by atoms with van der Waals surface area (Å²) in [7, 11) is 0. The van der Waals surface area contributed by atoms with E-state index in [1.54, 1.807) is 35.9 Å². The van der Waals surface area contributed by atoms with Crippen LogP contribution in [0.3, 0.4) is 0 Å². The lowest BCUT2D eigenvalue weighted by Crippen LogP contribution is -2.47. The van der Waals surface area contributed by atoms with Gasteiger partial charge in [-0.15, -0.1) is 11.3 Å². The van der Waals surface area contributed by atoms with Crippen molar-refractivity contribution in [2.45, 2.75) is 57.7 Å². The second-order valence-corrected chi connectivity index (χ2v) is 12.3. The molecule has 0 saturated carbocycles. The Bertz CT molecular complexity index is 1590. The Hall–Kier alpha value is -4.25. The summed E-state index contributed by atoms with van der Waals surface area (Å²) in [6, 6.07) is 15.0. The predicted molar refractivity (Wildman–Crippen MR) is 164 cm³/mol. The molecule has 43 heavy (non-hydrogen) atoms. The number of pyridine rings is 1. The number of aromatic nitrogens is 3. The number of hydrogen-bond acceptors (Lipinski definition) is 7. The normalized spacial score (nSPS) is 18.1. The van der Waals surface area contributed by atoms with E-state index in [9.17, 15) is 14.0 Å². The van der Waals surface area contributed by atoms with Gasteiger partial charge in [-0.1, -0.05) is 0 Å². The molecular weight excluding hydrogens is 567 g/mol. The maximum atomic E-state index is 13.5. The van der Waals surface area contributed by atoms with Crippen LogP contribution in [0.25, 0.3) is 0 Å². The first-order valence-corrected chi connectivity index (χ1v) is 15.5. The molecule has 1 atom stereocenters. The van der Waals surface area contributed by atoms with Gasteiger partial charge in [-0.25, -0.2) is 9.97 Å². The molecule has 1 N–H and O–H groups in total. The number of nitrogens with one attached hydrogen (secondary N) is 1. The topological polar surface area (TPSA) is 92.6 Å². The zero-order valence-electron chi connectivity index (χ0n) is 24.3. The standard InChI is InChI=1S/C32H35FN6O3S/c1-22(40)37-17-12-32(2,13-18-37)42-25-9-7-24(8-10-25)39-16-4-5-27(39)26-21-43-31(35-26)36-30(41)28-6-3-15-38(28)20-23-11-14-34-29(33)19-23/h3,6-11,14-15,19,21,27H,4-5,12-13,16-18,20H2,1-2H3,(H,35,36,41)/t27-/m1/s1. The van der Waals surface area contributed by atoms with E-state index in [4.69, 9.17) is 9.72 Å². The number of ether oxygens (including phenoxy) is 1. The van der Waals surface area contributed by atoms with Crippen LogP contribution in [-0.4, -0.2) is 56.5 Å². The van der Waals surface area contributed by atoms with Crippen LogP contribution in [0.1, 0.15) is 67.3 Å². The lowest BCUT2D eigenvalue weighted by Gasteiger charge is -2.39. The molecule has 3 aromatic heterocycles. The minimum atomic E-state index is -0.548. The van der Waals surface area contributed by atoms with Gasteiger partial charge in [0.25, 0.3) is 5.91 Å². The van der Waals surface area contributed by atoms with Crippen LogP contribution >= 0.6 is 11.3 Å². The van der Waals surface area contributed by atoms with Crippen molar-refractivity contribution in [1.82, 2.24) is 19.4 Å². The number of carbonyl (C=O) groups is 2. The molecule has 2 aliphatic heterocycles. The molecular formula is C32H35FN6O3S. The van der Waals surface area contributed by atoms with Crippen LogP contribution in [0.4, 0.5) is 15.2 Å². The Kier molecular flexibility index (Phi) is 8.16. The smallest absolute Gasteiger partial charge is 0.274 e. The van der Waals surface area contributed by atoms with E-state index in [2.05, 4.69) is 34.3 Å². The highest BCUT2D eigenvalue weighted by molar-refractivity contribution is 7.14. The summed E-state index contributed by atoms with van der Waals surface area (Å²) < 4.78 is 21.7. The SMILES string of the molecule is CC(=O)N1CCC(C)(Oc2ccc(N3CCC[C@@H]3c3csc(NC(=O)c4cccn4Cc4ccnc(F)c4)n3)cc2)CC1. The zero-order chi connectivity index (χ0) is 30.0. The second-order valence-electron chi connectivity index (χ2n) is 11.4. The Labute approximate surface area is 254 Å². The number of nitrogens with zero attached hydrogens (tertiary/aromatic N) is 5. The number of likely N-dealkylation sites (tertiary alicyclic amines) is 1. The van der Waals surface area contributed by atoms with Gasteiger partial charge in [-0.2, -0.15) is 4.39 Å². The van der Waals surface area contributed by atoms with Crippen molar-refractivity contribution in [2.24, 2.45) is 0 Å². The van der Waals surface area contributed by atoms with Crippen LogP contribution in [-0.2, 0) is 11.3 Å². The minimum Gasteiger partial charge on any atom is -0.487 e. The van der Waals surface area contributed by atoms with Gasteiger partial charge in [0.15, 0.2) is 5.13 Å². The summed E-state index contributed by atoms with van der Waals surface area (Å²) in [6.45, 7) is 6.45. The number of amides is 2. The van der Waals surface area contributed by atoms with Crippen LogP contribution in [0.15, 0.2) is 66.3 Å². The average Bonchev–Trinajstić information content (AvgIpc) is 3.75. The van der Waals surface area contributed by atoms with Crippen LogP contribution in [0.2, 0.25) is 0 Å². The predicted octanol–water partition coefficient (Wildman–Crippen LogP) is 5.90. The molecule has 2 amide bonds. The maximum Gasteiger partial charge on any atom is 0.274 e. The highest BCUT2D eigenvalue weighted by Gasteiger charge is 2.33. The number of hydrogen-bond donors (Lipinski definition) is 1. The summed E-state index contributed by atoms with van der Waals surface area (Å²) >= 11 is 1.41. The summed E-state index contributed by atoms with van der Waals surface area (Å²) in [4.78, 5) is 37.4. The molecule has 2 saturated heterocycles. The number of thiazole rings is 1. The molecule has 2 fully saturated rings. The van der Waals surface area contributed by atoms with Gasteiger partial charge >= 0.3 is 0 Å². The fourth-order valence-corrected chi connectivity index (χ4v) is 6.68. The molecule has 4 aromatic rings. The van der Waals surface area contributed by atoms with Crippen molar-refractivity contribution in [3.05, 3.63) is 89.2 Å². The largest absolute Gasteiger partial charge is 0.487 e. The fraction of sp³-hybridized carbons (Fsp3) is 0.375. The molecule has 0 unspecified atom stereocenters. The van der Waals surface area contributed by atoms with Gasteiger partial charge in [0.1, 0.15) is 17.0 Å². The van der Waals surface area contributed by atoms with Gasteiger partial charge in [0.2, 0.25) is 11.9 Å². The monoisotopic (exact) mass is 602 g/mol. The van der Waals surface area contributed by atoms with Crippen molar-refractivity contribution >= 4 is 34.0 Å². The number of halogens is 1. The second kappa shape index (κ2) is 12.2. The van der Waals surface area contributed by atoms with Crippen LogP contribution < -0.4 is 15.0 Å². The van der Waals surface area contributed by atoms with E-state index >= 15 is 0 Å². The quantitative estimate of drug-likeness (QED) is 0.253. The van der Waals surface area contributed by atoms with E-state index < -0.39 is 5.95 Å². The molecule has 5 heterocycles. The summed E-state index contributed by atoms with van der Waals surface area (Å²) in [6.07, 6.45) is 6.86. The Morgan fingerprint density at radius 1 is 1.14 bits per heavy atom. The Morgan fingerprint density at radius 3 is 2.67 bits per heavy atom. The number of anilines is 2. The number of benzene rings is 1. The van der Waals surface area contributed by atoms with Gasteiger partial charge in [-0.05, 0) is 73.9 Å². The third kappa shape index (κ3) is 6.56. The lowest BCUT2D eigenvalue weighted by atomic mass is 9.93. The first-order valence-electron chi connectivity index (χ1n) is 14.6. The van der Waals surface area contributed by atoms with Crippen molar-refractivity contribution in [1.29, 1.82) is 0 Å². The van der Waals surface area contributed by atoms with Crippen molar-refractivity contribution in [3.8, 4) is 5.75 Å². The van der Waals surface area contributed by atoms with Crippen molar-refractivity contribution in [3.63, 3.8) is 0 Å². The summed E-state index contributed by atoms with van der Waals surface area (Å²) in [5.41, 5.74) is 2.95. The lowest BCUT2D eigenvalue weighted by molar-refractivity contribution is -0.131. The molecule has 0 aliphatic carbocycles. The van der Waals surface area contributed by atoms with E-state index in [1.807, 2.05) is 22.4 Å². The van der Waals surface area contributed by atoms with Crippen molar-refractivity contribution < 1.29 is 18.7 Å². The third-order valence-corrected chi connectivity index (χ3v) is 9.12. The summed E-state index contributed by atoms with van der Waals surface area (Å²) in [5.74, 6) is 0.135. The van der Waals surface area contributed by atoms with E-state index in [0.717, 1.165) is 68.0 Å². The molecule has 6 rings (SSSR count). The van der Waals surface area contributed by atoms with Crippen LogP contribution in [0.5, 0.6) is 5.75 Å². The fourth-order valence-electron chi connectivity index (χ4n) is 5.92. The van der Waals surface area contributed by atoms with E-state index in [0.29, 0.717) is 17.4 Å². The Balaban J connectivity index is 1.08. The molecule has 0 radical (unpaired) electrons. The first kappa shape index (κ1) is 28.9. The first-order chi connectivity index (χ1) is 20.8. The zero-order valence-corrected chi connectivity index (χ0v) is 25.1. The summed E-state index contributed by atoms with van der Waals surface area (Å²) in [5, 5.41) is 5.50. The van der Waals surface area contributed by atoms with Crippen molar-refractivity contribution in [2.75, 3.05) is 29.9 Å². The molecule has 1 aromatic carbocycles. The average molecular weight is 603 g/mol. The molecule has 2 aliphatic rings.